The Kier molecular flexibility index (Phi) is 6.52. The number of benzene rings is 1. The Labute approximate surface area is 174 Å². The fourth-order valence-electron chi connectivity index (χ4n) is 3.84. The first-order chi connectivity index (χ1) is 13.8. The Morgan fingerprint density at radius 1 is 1.18 bits per heavy atom. The summed E-state index contributed by atoms with van der Waals surface area (Å²) < 4.78 is 6.67. The number of ketones is 1. The van der Waals surface area contributed by atoms with Gasteiger partial charge in [-0.2, -0.15) is 0 Å². The second-order valence-electron chi connectivity index (χ2n) is 6.90. The summed E-state index contributed by atoms with van der Waals surface area (Å²) in [5.74, 6) is 0.185. The number of aromatic nitrogens is 1. The first-order valence-electron chi connectivity index (χ1n) is 9.54. The number of hydrogen-bond donors (Lipinski definition) is 0. The van der Waals surface area contributed by atoms with Crippen LogP contribution in [0.25, 0.3) is 0 Å². The molecule has 1 aromatic heterocycles. The van der Waals surface area contributed by atoms with Gasteiger partial charge in [0.05, 0.1) is 18.6 Å². The zero-order chi connectivity index (χ0) is 19.3. The molecule has 2 unspecified atom stereocenters. The van der Waals surface area contributed by atoms with Gasteiger partial charge >= 0.3 is 0 Å². The third kappa shape index (κ3) is 4.20. The Balaban J connectivity index is 1.74. The maximum atomic E-state index is 13.5. The maximum absolute atomic E-state index is 13.5. The average molecular weight is 413 g/mol. The van der Waals surface area contributed by atoms with Gasteiger partial charge in [-0.05, 0) is 30.4 Å². The average Bonchev–Trinajstić information content (AvgIpc) is 2.79. The minimum absolute atomic E-state index is 0.0884. The number of allylic oxidation sites excluding steroid dienone is 1. The molecule has 0 saturated carbocycles. The van der Waals surface area contributed by atoms with E-state index in [4.69, 9.17) is 4.74 Å². The Morgan fingerprint density at radius 2 is 1.96 bits per heavy atom. The highest BCUT2D eigenvalue weighted by Crippen LogP contribution is 2.49. The van der Waals surface area contributed by atoms with Gasteiger partial charge in [0, 0.05) is 46.8 Å². The highest BCUT2D eigenvalue weighted by Gasteiger charge is 2.37. The van der Waals surface area contributed by atoms with Crippen LogP contribution in [0, 0.1) is 0 Å². The lowest BCUT2D eigenvalue weighted by molar-refractivity contribution is 0.0306. The number of nitrogens with zero attached hydrogens (tertiary/aromatic N) is 2. The van der Waals surface area contributed by atoms with E-state index in [0.717, 1.165) is 42.5 Å². The van der Waals surface area contributed by atoms with Crippen molar-refractivity contribution >= 4 is 29.3 Å². The van der Waals surface area contributed by atoms with Crippen molar-refractivity contribution in [3.63, 3.8) is 0 Å². The van der Waals surface area contributed by atoms with Crippen molar-refractivity contribution in [2.75, 3.05) is 32.6 Å². The molecular formula is C22H24N2O2S2. The molecule has 2 aliphatic rings. The molecule has 0 amide bonds. The van der Waals surface area contributed by atoms with Gasteiger partial charge in [0.25, 0.3) is 0 Å². The SMILES string of the molecule is CSC1=C(C(=O)c2cccnc2)C(c2ccccc2)CC(N2CCOCC2)S1. The lowest BCUT2D eigenvalue weighted by atomic mass is 9.84. The smallest absolute Gasteiger partial charge is 0.192 e. The lowest BCUT2D eigenvalue weighted by Crippen LogP contribution is -2.44. The molecule has 6 heteroatoms. The van der Waals surface area contributed by atoms with Crippen LogP contribution in [0.1, 0.15) is 28.3 Å². The van der Waals surface area contributed by atoms with Gasteiger partial charge in [-0.3, -0.25) is 14.7 Å². The molecule has 0 bridgehead atoms. The topological polar surface area (TPSA) is 42.4 Å². The van der Waals surface area contributed by atoms with Crippen molar-refractivity contribution in [1.82, 2.24) is 9.88 Å². The monoisotopic (exact) mass is 412 g/mol. The van der Waals surface area contributed by atoms with Crippen LogP contribution >= 0.6 is 23.5 Å². The van der Waals surface area contributed by atoms with E-state index in [1.807, 2.05) is 30.0 Å². The number of thioether (sulfide) groups is 2. The van der Waals surface area contributed by atoms with E-state index in [1.54, 1.807) is 24.2 Å². The Bertz CT molecular complexity index is 836. The summed E-state index contributed by atoms with van der Waals surface area (Å²) in [6.45, 7) is 3.47. The Morgan fingerprint density at radius 3 is 2.64 bits per heavy atom. The van der Waals surface area contributed by atoms with Crippen molar-refractivity contribution in [3.8, 4) is 0 Å². The van der Waals surface area contributed by atoms with Crippen molar-refractivity contribution in [2.45, 2.75) is 17.7 Å². The molecule has 2 aliphatic heterocycles. The quantitative estimate of drug-likeness (QED) is 0.678. The minimum Gasteiger partial charge on any atom is -0.379 e. The molecule has 28 heavy (non-hydrogen) atoms. The number of rotatable bonds is 5. The summed E-state index contributed by atoms with van der Waals surface area (Å²) in [4.78, 5) is 20.1. The van der Waals surface area contributed by atoms with Gasteiger partial charge in [0.1, 0.15) is 0 Å². The molecule has 1 saturated heterocycles. The van der Waals surface area contributed by atoms with Gasteiger partial charge in [0.2, 0.25) is 0 Å². The van der Waals surface area contributed by atoms with Crippen LogP contribution in [-0.4, -0.2) is 53.6 Å². The maximum Gasteiger partial charge on any atom is 0.192 e. The Hall–Kier alpha value is -1.60. The van der Waals surface area contributed by atoms with Crippen molar-refractivity contribution < 1.29 is 9.53 Å². The molecule has 2 atom stereocenters. The zero-order valence-corrected chi connectivity index (χ0v) is 17.5. The number of carbonyl (C=O) groups is 1. The van der Waals surface area contributed by atoms with Crippen LogP contribution in [0.3, 0.4) is 0 Å². The first-order valence-corrected chi connectivity index (χ1v) is 11.6. The van der Waals surface area contributed by atoms with Crippen LogP contribution in [0.2, 0.25) is 0 Å². The van der Waals surface area contributed by atoms with Gasteiger partial charge in [-0.25, -0.2) is 0 Å². The van der Waals surface area contributed by atoms with E-state index in [9.17, 15) is 4.79 Å². The molecule has 4 nitrogen and oxygen atoms in total. The number of ether oxygens (including phenoxy) is 1. The predicted molar refractivity (Wildman–Crippen MR) is 117 cm³/mol. The van der Waals surface area contributed by atoms with E-state index >= 15 is 0 Å². The van der Waals surface area contributed by atoms with Gasteiger partial charge in [-0.1, -0.05) is 42.1 Å². The van der Waals surface area contributed by atoms with Gasteiger partial charge in [-0.15, -0.1) is 11.8 Å². The normalized spacial score (nSPS) is 23.6. The summed E-state index contributed by atoms with van der Waals surface area (Å²) >= 11 is 3.53. The van der Waals surface area contributed by atoms with Crippen molar-refractivity contribution in [2.24, 2.45) is 0 Å². The highest BCUT2D eigenvalue weighted by atomic mass is 32.2. The molecule has 3 heterocycles. The fraction of sp³-hybridized carbons (Fsp3) is 0.364. The third-order valence-electron chi connectivity index (χ3n) is 5.26. The number of carbonyl (C=O) groups excluding carboxylic acids is 1. The van der Waals surface area contributed by atoms with E-state index < -0.39 is 0 Å². The standard InChI is InChI=1S/C22H24N2O2S2/c1-27-22-20(21(25)17-8-5-9-23-15-17)18(16-6-3-2-4-7-16)14-19(28-22)24-10-12-26-13-11-24/h2-9,15,18-19H,10-14H2,1H3. The van der Waals surface area contributed by atoms with E-state index in [0.29, 0.717) is 10.9 Å². The predicted octanol–water partition coefficient (Wildman–Crippen LogP) is 4.42. The summed E-state index contributed by atoms with van der Waals surface area (Å²) in [5.41, 5.74) is 2.79. The van der Waals surface area contributed by atoms with Crippen LogP contribution < -0.4 is 0 Å². The van der Waals surface area contributed by atoms with Crippen LogP contribution in [0.15, 0.2) is 64.7 Å². The molecule has 0 aliphatic carbocycles. The molecule has 0 radical (unpaired) electrons. The minimum atomic E-state index is 0.0884. The van der Waals surface area contributed by atoms with E-state index in [-0.39, 0.29) is 11.7 Å². The third-order valence-corrected chi connectivity index (χ3v) is 7.83. The van der Waals surface area contributed by atoms with Crippen LogP contribution in [0.4, 0.5) is 0 Å². The zero-order valence-electron chi connectivity index (χ0n) is 15.9. The van der Waals surface area contributed by atoms with E-state index in [2.05, 4.69) is 40.4 Å². The second-order valence-corrected chi connectivity index (χ2v) is 9.16. The fourth-order valence-corrected chi connectivity index (χ4v) is 6.27. The molecule has 2 aromatic rings. The molecule has 0 spiro atoms. The summed E-state index contributed by atoms with van der Waals surface area (Å²) in [6, 6.07) is 14.1. The summed E-state index contributed by atoms with van der Waals surface area (Å²) in [6.07, 6.45) is 6.39. The van der Waals surface area contributed by atoms with Crippen LogP contribution in [0.5, 0.6) is 0 Å². The molecule has 1 aromatic carbocycles. The second kappa shape index (κ2) is 9.27. The molecule has 0 N–H and O–H groups in total. The molecule has 4 rings (SSSR count). The number of pyridine rings is 1. The highest BCUT2D eigenvalue weighted by molar-refractivity contribution is 8.22. The van der Waals surface area contributed by atoms with Crippen molar-refractivity contribution in [1.29, 1.82) is 0 Å². The van der Waals surface area contributed by atoms with Gasteiger partial charge < -0.3 is 4.74 Å². The number of morpholine rings is 1. The van der Waals surface area contributed by atoms with Crippen molar-refractivity contribution in [3.05, 3.63) is 75.8 Å². The molecular weight excluding hydrogens is 388 g/mol. The number of Topliss-reactive ketones (excluding diaryl/α,β-unsaturated/α-hetero) is 1. The van der Waals surface area contributed by atoms with Crippen LogP contribution in [-0.2, 0) is 4.74 Å². The number of hydrogen-bond acceptors (Lipinski definition) is 6. The largest absolute Gasteiger partial charge is 0.379 e. The van der Waals surface area contributed by atoms with Gasteiger partial charge in [0.15, 0.2) is 5.78 Å². The summed E-state index contributed by atoms with van der Waals surface area (Å²) in [5, 5.41) is 0.363. The first kappa shape index (κ1) is 19.7. The molecule has 1 fully saturated rings. The molecule has 146 valence electrons. The van der Waals surface area contributed by atoms with E-state index in [1.165, 1.54) is 5.56 Å². The lowest BCUT2D eigenvalue weighted by Gasteiger charge is -2.40. The summed E-state index contributed by atoms with van der Waals surface area (Å²) in [7, 11) is 0.